The third kappa shape index (κ3) is 4.27. The van der Waals surface area contributed by atoms with Gasteiger partial charge in [0.15, 0.2) is 6.10 Å². The third-order valence-electron chi connectivity index (χ3n) is 3.58. The fourth-order valence-electron chi connectivity index (χ4n) is 2.49. The fraction of sp³-hybridized carbons (Fsp3) is 0.467. The summed E-state index contributed by atoms with van der Waals surface area (Å²) < 4.78 is 5.58. The highest BCUT2D eigenvalue weighted by atomic mass is 35.5. The zero-order valence-corrected chi connectivity index (χ0v) is 13.6. The van der Waals surface area contributed by atoms with E-state index in [1.54, 1.807) is 30.0 Å². The number of halogens is 2. The van der Waals surface area contributed by atoms with Gasteiger partial charge < -0.3 is 14.7 Å². The van der Waals surface area contributed by atoms with Gasteiger partial charge in [0.25, 0.3) is 5.91 Å². The number of nitrogens with zero attached hydrogens (tertiary/aromatic N) is 1. The van der Waals surface area contributed by atoms with Crippen LogP contribution >= 0.6 is 23.2 Å². The van der Waals surface area contributed by atoms with Gasteiger partial charge in [-0.15, -0.1) is 0 Å². The molecule has 1 aromatic rings. The first kappa shape index (κ1) is 16.9. The second-order valence-corrected chi connectivity index (χ2v) is 6.20. The first-order chi connectivity index (χ1) is 10.4. The van der Waals surface area contributed by atoms with E-state index in [0.29, 0.717) is 35.2 Å². The Bertz CT molecular complexity index is 558. The summed E-state index contributed by atoms with van der Waals surface area (Å²) in [7, 11) is 0. The van der Waals surface area contributed by atoms with E-state index in [0.717, 1.165) is 0 Å². The molecule has 0 spiro atoms. The Morgan fingerprint density at radius 2 is 1.95 bits per heavy atom. The van der Waals surface area contributed by atoms with Crippen molar-refractivity contribution >= 4 is 35.1 Å². The van der Waals surface area contributed by atoms with Crippen LogP contribution in [-0.4, -0.2) is 41.1 Å². The van der Waals surface area contributed by atoms with E-state index in [1.807, 2.05) is 0 Å². The van der Waals surface area contributed by atoms with Crippen LogP contribution in [0.4, 0.5) is 0 Å². The molecule has 0 aliphatic carbocycles. The molecule has 7 heteroatoms. The average molecular weight is 346 g/mol. The van der Waals surface area contributed by atoms with E-state index in [1.165, 1.54) is 0 Å². The van der Waals surface area contributed by atoms with Gasteiger partial charge in [0.05, 0.1) is 5.92 Å². The molecule has 1 fully saturated rings. The van der Waals surface area contributed by atoms with Crippen LogP contribution in [0.3, 0.4) is 0 Å². The lowest BCUT2D eigenvalue weighted by molar-refractivity contribution is -0.147. The van der Waals surface area contributed by atoms with Gasteiger partial charge in [-0.05, 0) is 38.0 Å². The first-order valence-corrected chi connectivity index (χ1v) is 7.76. The minimum atomic E-state index is -0.868. The van der Waals surface area contributed by atoms with E-state index in [9.17, 15) is 9.59 Å². The molecule has 0 radical (unpaired) electrons. The molecule has 1 saturated heterocycles. The monoisotopic (exact) mass is 345 g/mol. The number of hydrogen-bond donors (Lipinski definition) is 1. The summed E-state index contributed by atoms with van der Waals surface area (Å²) >= 11 is 11.8. The zero-order chi connectivity index (χ0) is 16.3. The smallest absolute Gasteiger partial charge is 0.308 e. The quantitative estimate of drug-likeness (QED) is 0.910. The van der Waals surface area contributed by atoms with Crippen molar-refractivity contribution in [2.75, 3.05) is 13.1 Å². The highest BCUT2D eigenvalue weighted by molar-refractivity contribution is 6.34. The minimum Gasteiger partial charge on any atom is -0.481 e. The average Bonchev–Trinajstić information content (AvgIpc) is 2.45. The Morgan fingerprint density at radius 3 is 2.55 bits per heavy atom. The maximum atomic E-state index is 12.4. The number of benzene rings is 1. The summed E-state index contributed by atoms with van der Waals surface area (Å²) in [5, 5.41) is 9.92. The molecule has 0 bridgehead atoms. The number of aliphatic carboxylic acids is 1. The van der Waals surface area contributed by atoms with Crippen molar-refractivity contribution in [2.45, 2.75) is 25.9 Å². The Balaban J connectivity index is 2.00. The standard InChI is InChI=1S/C15H17Cl2NO4/c1-9(22-13-6-11(16)5-12(17)7-13)14(19)18-4-2-3-10(8-18)15(20)21/h5-7,9-10H,2-4,8H2,1H3,(H,20,21)/t9?,10-/m0/s1. The number of carboxylic acids is 1. The van der Waals surface area contributed by atoms with E-state index in [2.05, 4.69) is 0 Å². The molecule has 5 nitrogen and oxygen atoms in total. The number of carboxylic acid groups (broad SMARTS) is 1. The van der Waals surface area contributed by atoms with Crippen molar-refractivity contribution < 1.29 is 19.4 Å². The van der Waals surface area contributed by atoms with E-state index in [4.69, 9.17) is 33.0 Å². The molecule has 0 saturated carbocycles. The van der Waals surface area contributed by atoms with Crippen LogP contribution in [-0.2, 0) is 9.59 Å². The molecule has 22 heavy (non-hydrogen) atoms. The van der Waals surface area contributed by atoms with Crippen LogP contribution in [0.2, 0.25) is 10.0 Å². The molecule has 2 atom stereocenters. The van der Waals surface area contributed by atoms with Crippen molar-refractivity contribution in [3.63, 3.8) is 0 Å². The maximum Gasteiger partial charge on any atom is 0.308 e. The molecule has 120 valence electrons. The summed E-state index contributed by atoms with van der Waals surface area (Å²) in [6.45, 7) is 2.40. The summed E-state index contributed by atoms with van der Waals surface area (Å²) in [5.41, 5.74) is 0. The van der Waals surface area contributed by atoms with Crippen LogP contribution < -0.4 is 4.74 Å². The van der Waals surface area contributed by atoms with E-state index in [-0.39, 0.29) is 12.5 Å². The van der Waals surface area contributed by atoms with Crippen LogP contribution in [0.5, 0.6) is 5.75 Å². The predicted molar refractivity (Wildman–Crippen MR) is 83.5 cm³/mol. The predicted octanol–water partition coefficient (Wildman–Crippen LogP) is 3.08. The number of amides is 1. The molecule has 2 rings (SSSR count). The molecule has 1 aliphatic heterocycles. The number of rotatable bonds is 4. The molecule has 0 aromatic heterocycles. The van der Waals surface area contributed by atoms with Gasteiger partial charge in [0.1, 0.15) is 5.75 Å². The van der Waals surface area contributed by atoms with E-state index < -0.39 is 18.0 Å². The summed E-state index contributed by atoms with van der Waals surface area (Å²) in [6, 6.07) is 4.73. The summed E-state index contributed by atoms with van der Waals surface area (Å²) in [5.74, 6) is -1.20. The highest BCUT2D eigenvalue weighted by Gasteiger charge is 2.30. The van der Waals surface area contributed by atoms with Gasteiger partial charge in [-0.2, -0.15) is 0 Å². The number of ether oxygens (including phenoxy) is 1. The second kappa shape index (κ2) is 7.20. The molecular weight excluding hydrogens is 329 g/mol. The van der Waals surface area contributed by atoms with Crippen molar-refractivity contribution in [1.29, 1.82) is 0 Å². The minimum absolute atomic E-state index is 0.220. The van der Waals surface area contributed by atoms with Gasteiger partial charge in [-0.25, -0.2) is 0 Å². The molecule has 1 amide bonds. The largest absolute Gasteiger partial charge is 0.481 e. The Labute approximate surface area is 138 Å². The van der Waals surface area contributed by atoms with Crippen molar-refractivity contribution in [2.24, 2.45) is 5.92 Å². The molecule has 1 heterocycles. The lowest BCUT2D eigenvalue weighted by Gasteiger charge is -2.32. The summed E-state index contributed by atoms with van der Waals surface area (Å²) in [4.78, 5) is 25.0. The van der Waals surface area contributed by atoms with Crippen molar-refractivity contribution in [1.82, 2.24) is 4.90 Å². The number of piperidine rings is 1. The van der Waals surface area contributed by atoms with Crippen LogP contribution in [0, 0.1) is 5.92 Å². The maximum absolute atomic E-state index is 12.4. The Kier molecular flexibility index (Phi) is 5.53. The fourth-order valence-corrected chi connectivity index (χ4v) is 2.99. The number of carbonyl (C=O) groups is 2. The van der Waals surface area contributed by atoms with Gasteiger partial charge in [-0.3, -0.25) is 9.59 Å². The van der Waals surface area contributed by atoms with Crippen LogP contribution in [0.25, 0.3) is 0 Å². The Hall–Kier alpha value is -1.46. The van der Waals surface area contributed by atoms with Gasteiger partial charge in [0.2, 0.25) is 0 Å². The topological polar surface area (TPSA) is 66.8 Å². The second-order valence-electron chi connectivity index (χ2n) is 5.33. The normalized spacial score (nSPS) is 19.6. The van der Waals surface area contributed by atoms with Gasteiger partial charge in [0, 0.05) is 23.1 Å². The van der Waals surface area contributed by atoms with Crippen molar-refractivity contribution in [3.8, 4) is 5.75 Å². The lowest BCUT2D eigenvalue weighted by atomic mass is 9.98. The molecule has 1 N–H and O–H groups in total. The first-order valence-electron chi connectivity index (χ1n) is 7.01. The number of hydrogen-bond acceptors (Lipinski definition) is 3. The number of likely N-dealkylation sites (tertiary alicyclic amines) is 1. The van der Waals surface area contributed by atoms with Gasteiger partial charge in [-0.1, -0.05) is 23.2 Å². The number of carbonyl (C=O) groups excluding carboxylic acids is 1. The van der Waals surface area contributed by atoms with E-state index >= 15 is 0 Å². The molecule has 1 unspecified atom stereocenters. The molecular formula is C15H17Cl2NO4. The van der Waals surface area contributed by atoms with Crippen molar-refractivity contribution in [3.05, 3.63) is 28.2 Å². The SMILES string of the molecule is CC(Oc1cc(Cl)cc(Cl)c1)C(=O)N1CCC[C@H](C(=O)O)C1. The lowest BCUT2D eigenvalue weighted by Crippen LogP contribution is -2.47. The molecule has 1 aliphatic rings. The molecule has 1 aromatic carbocycles. The van der Waals surface area contributed by atoms with Crippen LogP contribution in [0.1, 0.15) is 19.8 Å². The summed E-state index contributed by atoms with van der Waals surface area (Å²) in [6.07, 6.45) is 0.540. The van der Waals surface area contributed by atoms with Crippen LogP contribution in [0.15, 0.2) is 18.2 Å². The Morgan fingerprint density at radius 1 is 1.32 bits per heavy atom. The highest BCUT2D eigenvalue weighted by Crippen LogP contribution is 2.25. The third-order valence-corrected chi connectivity index (χ3v) is 4.02. The van der Waals surface area contributed by atoms with Gasteiger partial charge >= 0.3 is 5.97 Å². The zero-order valence-electron chi connectivity index (χ0n) is 12.1.